The molecule has 1 N–H and O–H groups in total. The maximum absolute atomic E-state index is 14.1. The second-order valence-corrected chi connectivity index (χ2v) is 7.37. The first kappa shape index (κ1) is 22.6. The number of rotatable bonds is 9. The first-order valence-electron chi connectivity index (χ1n) is 9.46. The molecule has 1 unspecified atom stereocenters. The molecule has 1 heterocycles. The van der Waals surface area contributed by atoms with Gasteiger partial charge in [0.2, 0.25) is 0 Å². The van der Waals surface area contributed by atoms with Crippen LogP contribution in [0.5, 0.6) is 0 Å². The third-order valence-electron chi connectivity index (χ3n) is 4.78. The van der Waals surface area contributed by atoms with Crippen molar-refractivity contribution in [1.82, 2.24) is 14.3 Å². The topological polar surface area (TPSA) is 77.1 Å². The highest BCUT2D eigenvalue weighted by molar-refractivity contribution is 6.30. The average Bonchev–Trinajstić information content (AvgIpc) is 3.05. The second-order valence-electron chi connectivity index (χ2n) is 6.94. The number of aromatic nitrogens is 3. The Balaban J connectivity index is 1.86. The molecule has 0 bridgehead atoms. The van der Waals surface area contributed by atoms with Crippen LogP contribution >= 0.6 is 11.6 Å². The summed E-state index contributed by atoms with van der Waals surface area (Å²) >= 11 is 5.91. The van der Waals surface area contributed by atoms with Crippen molar-refractivity contribution in [1.29, 1.82) is 0 Å². The van der Waals surface area contributed by atoms with Gasteiger partial charge in [0.05, 0.1) is 6.61 Å². The highest BCUT2D eigenvalue weighted by Crippen LogP contribution is 2.24. The SMILES string of the molecule is C=CCn1c(-c2ccc(Cl)cc2)nn(CC(=O)CC(CO)c2cccc(F)c2F)c1=O. The summed E-state index contributed by atoms with van der Waals surface area (Å²) in [5.41, 5.74) is 0.0162. The number of allylic oxidation sites excluding steroid dienone is 1. The van der Waals surface area contributed by atoms with Crippen LogP contribution in [0.2, 0.25) is 5.02 Å². The summed E-state index contributed by atoms with van der Waals surface area (Å²) < 4.78 is 29.9. The van der Waals surface area contributed by atoms with Crippen molar-refractivity contribution in [2.75, 3.05) is 6.61 Å². The Morgan fingerprint density at radius 3 is 2.58 bits per heavy atom. The molecule has 0 aliphatic heterocycles. The van der Waals surface area contributed by atoms with Crippen molar-refractivity contribution >= 4 is 17.4 Å². The molecule has 0 radical (unpaired) electrons. The molecular weight excluding hydrogens is 428 g/mol. The third kappa shape index (κ3) is 4.98. The summed E-state index contributed by atoms with van der Waals surface area (Å²) in [6.07, 6.45) is 1.25. The number of nitrogens with zero attached hydrogens (tertiary/aromatic N) is 3. The number of carbonyl (C=O) groups excluding carboxylic acids is 1. The number of aliphatic hydroxyl groups is 1. The summed E-state index contributed by atoms with van der Waals surface area (Å²) in [7, 11) is 0. The highest BCUT2D eigenvalue weighted by atomic mass is 35.5. The predicted molar refractivity (Wildman–Crippen MR) is 113 cm³/mol. The van der Waals surface area contributed by atoms with Gasteiger partial charge in [-0.3, -0.25) is 9.36 Å². The third-order valence-corrected chi connectivity index (χ3v) is 5.03. The van der Waals surface area contributed by atoms with Gasteiger partial charge in [0.15, 0.2) is 23.2 Å². The van der Waals surface area contributed by atoms with E-state index in [0.717, 1.165) is 10.7 Å². The van der Waals surface area contributed by atoms with Gasteiger partial charge in [-0.15, -0.1) is 11.7 Å². The van der Waals surface area contributed by atoms with E-state index in [9.17, 15) is 23.5 Å². The molecule has 6 nitrogen and oxygen atoms in total. The molecule has 1 atom stereocenters. The Hall–Kier alpha value is -3.10. The number of hydrogen-bond acceptors (Lipinski definition) is 4. The lowest BCUT2D eigenvalue weighted by atomic mass is 9.94. The van der Waals surface area contributed by atoms with Gasteiger partial charge >= 0.3 is 5.69 Å². The average molecular weight is 448 g/mol. The smallest absolute Gasteiger partial charge is 0.346 e. The zero-order chi connectivity index (χ0) is 22.5. The number of ketones is 1. The molecule has 1 aromatic heterocycles. The number of benzene rings is 2. The van der Waals surface area contributed by atoms with E-state index < -0.39 is 35.6 Å². The Labute approximate surface area is 182 Å². The monoisotopic (exact) mass is 447 g/mol. The van der Waals surface area contributed by atoms with Crippen LogP contribution in [0.1, 0.15) is 17.9 Å². The van der Waals surface area contributed by atoms with Crippen LogP contribution in [0.4, 0.5) is 8.78 Å². The van der Waals surface area contributed by atoms with Crippen LogP contribution in [0.3, 0.4) is 0 Å². The lowest BCUT2D eigenvalue weighted by Gasteiger charge is -2.14. The first-order chi connectivity index (χ1) is 14.8. The van der Waals surface area contributed by atoms with E-state index in [4.69, 9.17) is 11.6 Å². The molecule has 0 spiro atoms. The second kappa shape index (κ2) is 9.80. The van der Waals surface area contributed by atoms with Gasteiger partial charge in [0.25, 0.3) is 0 Å². The number of halogens is 3. The number of hydrogen-bond donors (Lipinski definition) is 1. The molecule has 0 aliphatic carbocycles. The summed E-state index contributed by atoms with van der Waals surface area (Å²) in [6.45, 7) is 2.88. The van der Waals surface area contributed by atoms with Gasteiger partial charge in [-0.05, 0) is 35.9 Å². The van der Waals surface area contributed by atoms with E-state index in [1.807, 2.05) is 0 Å². The van der Waals surface area contributed by atoms with Crippen LogP contribution in [-0.4, -0.2) is 31.8 Å². The van der Waals surface area contributed by atoms with Gasteiger partial charge < -0.3 is 5.11 Å². The molecule has 0 amide bonds. The Morgan fingerprint density at radius 2 is 1.94 bits per heavy atom. The van der Waals surface area contributed by atoms with Crippen LogP contribution in [0.25, 0.3) is 11.4 Å². The Kier molecular flexibility index (Phi) is 7.14. The number of Topliss-reactive ketones (excluding diaryl/α,β-unsaturated/α-hetero) is 1. The summed E-state index contributed by atoms with van der Waals surface area (Å²) in [6, 6.07) is 10.3. The van der Waals surface area contributed by atoms with Crippen molar-refractivity contribution in [2.24, 2.45) is 0 Å². The molecule has 3 rings (SSSR count). The van der Waals surface area contributed by atoms with Crippen molar-refractivity contribution in [3.05, 3.63) is 87.8 Å². The zero-order valence-electron chi connectivity index (χ0n) is 16.5. The summed E-state index contributed by atoms with van der Waals surface area (Å²) in [5, 5.41) is 14.4. The molecule has 162 valence electrons. The molecule has 0 saturated heterocycles. The molecule has 2 aromatic carbocycles. The summed E-state index contributed by atoms with van der Waals surface area (Å²) in [4.78, 5) is 25.3. The Bertz CT molecular complexity index is 1160. The predicted octanol–water partition coefficient (Wildman–Crippen LogP) is 3.56. The minimum Gasteiger partial charge on any atom is -0.396 e. The Morgan fingerprint density at radius 1 is 1.23 bits per heavy atom. The molecule has 31 heavy (non-hydrogen) atoms. The number of carbonyl (C=O) groups is 1. The van der Waals surface area contributed by atoms with E-state index in [0.29, 0.717) is 16.4 Å². The fourth-order valence-electron chi connectivity index (χ4n) is 3.27. The van der Waals surface area contributed by atoms with E-state index in [2.05, 4.69) is 11.7 Å². The molecule has 0 aliphatic rings. The minimum absolute atomic E-state index is 0.0952. The molecule has 0 fully saturated rings. The van der Waals surface area contributed by atoms with E-state index in [-0.39, 0.29) is 25.1 Å². The highest BCUT2D eigenvalue weighted by Gasteiger charge is 2.22. The zero-order valence-corrected chi connectivity index (χ0v) is 17.2. The molecule has 3 aromatic rings. The van der Waals surface area contributed by atoms with Crippen molar-refractivity contribution in [2.45, 2.75) is 25.4 Å². The normalized spacial score (nSPS) is 12.0. The van der Waals surface area contributed by atoms with E-state index in [1.165, 1.54) is 22.8 Å². The van der Waals surface area contributed by atoms with Crippen molar-refractivity contribution in [3.63, 3.8) is 0 Å². The quantitative estimate of drug-likeness (QED) is 0.509. The fourth-order valence-corrected chi connectivity index (χ4v) is 3.39. The van der Waals surface area contributed by atoms with Gasteiger partial charge in [-0.1, -0.05) is 29.8 Å². The fraction of sp³-hybridized carbons (Fsp3) is 0.227. The van der Waals surface area contributed by atoms with Crippen LogP contribution in [0.15, 0.2) is 59.9 Å². The molecule has 9 heteroatoms. The van der Waals surface area contributed by atoms with Gasteiger partial charge in [0.1, 0.15) is 6.54 Å². The lowest BCUT2D eigenvalue weighted by molar-refractivity contribution is -0.120. The maximum atomic E-state index is 14.1. The van der Waals surface area contributed by atoms with Gasteiger partial charge in [0, 0.05) is 29.5 Å². The first-order valence-corrected chi connectivity index (χ1v) is 9.84. The summed E-state index contributed by atoms with van der Waals surface area (Å²) in [5.74, 6) is -3.23. The number of aliphatic hydroxyl groups excluding tert-OH is 1. The molecule has 0 saturated carbocycles. The lowest BCUT2D eigenvalue weighted by Crippen LogP contribution is -2.28. The van der Waals surface area contributed by atoms with Crippen LogP contribution in [-0.2, 0) is 17.9 Å². The maximum Gasteiger partial charge on any atom is 0.346 e. The van der Waals surface area contributed by atoms with Crippen molar-refractivity contribution < 1.29 is 18.7 Å². The van der Waals surface area contributed by atoms with Gasteiger partial charge in [-0.2, -0.15) is 0 Å². The minimum atomic E-state index is -1.10. The standard InChI is InChI=1S/C22H20ClF2N3O3/c1-2-10-27-21(14-6-8-16(23)9-7-14)26-28(22(27)31)12-17(30)11-15(13-29)18-4-3-5-19(24)20(18)25/h2-9,15,29H,1,10-13H2. The van der Waals surface area contributed by atoms with Crippen LogP contribution < -0.4 is 5.69 Å². The van der Waals surface area contributed by atoms with Crippen LogP contribution in [0, 0.1) is 11.6 Å². The van der Waals surface area contributed by atoms with E-state index >= 15 is 0 Å². The van der Waals surface area contributed by atoms with Crippen molar-refractivity contribution in [3.8, 4) is 11.4 Å². The van der Waals surface area contributed by atoms with E-state index in [1.54, 1.807) is 24.3 Å². The van der Waals surface area contributed by atoms with Gasteiger partial charge in [-0.25, -0.2) is 18.3 Å². The largest absolute Gasteiger partial charge is 0.396 e. The molecular formula is C22H20ClF2N3O3.